The zero-order valence-corrected chi connectivity index (χ0v) is 12.5. The number of benzene rings is 1. The molecule has 2 N–H and O–H groups in total. The molecule has 0 spiro atoms. The number of aliphatic hydroxyl groups is 2. The van der Waals surface area contributed by atoms with Crippen molar-refractivity contribution in [3.05, 3.63) is 34.3 Å². The molecule has 18 heavy (non-hydrogen) atoms. The number of hydrogen-bond donors (Lipinski definition) is 2. The van der Waals surface area contributed by atoms with E-state index < -0.39 is 15.3 Å². The normalized spacial score (nSPS) is 12.7. The van der Waals surface area contributed by atoms with Crippen molar-refractivity contribution < 1.29 is 18.6 Å². The maximum absolute atomic E-state index is 11.2. The Hall–Kier alpha value is -0.430. The van der Waals surface area contributed by atoms with Crippen LogP contribution in [0.5, 0.6) is 0 Å². The van der Waals surface area contributed by atoms with E-state index in [9.17, 15) is 18.6 Å². The topological polar surface area (TPSA) is 74.6 Å². The quantitative estimate of drug-likeness (QED) is 0.815. The SMILES string of the molecule is CS(=O)(=O)CCC(CO)(CO)c1cccc(Br)c1. The van der Waals surface area contributed by atoms with Crippen molar-refractivity contribution in [2.45, 2.75) is 11.8 Å². The van der Waals surface area contributed by atoms with Crippen LogP contribution in [-0.4, -0.2) is 43.9 Å². The van der Waals surface area contributed by atoms with Gasteiger partial charge >= 0.3 is 0 Å². The van der Waals surface area contributed by atoms with Crippen LogP contribution in [0.15, 0.2) is 28.7 Å². The van der Waals surface area contributed by atoms with E-state index in [2.05, 4.69) is 15.9 Å². The number of aliphatic hydroxyl groups excluding tert-OH is 2. The Morgan fingerprint density at radius 1 is 1.28 bits per heavy atom. The molecular formula is C12H17BrO4S. The third-order valence-corrected chi connectivity index (χ3v) is 4.43. The lowest BCUT2D eigenvalue weighted by atomic mass is 9.79. The fourth-order valence-corrected chi connectivity index (χ4v) is 2.89. The van der Waals surface area contributed by atoms with Crippen molar-refractivity contribution in [2.24, 2.45) is 0 Å². The molecule has 4 nitrogen and oxygen atoms in total. The molecule has 6 heteroatoms. The summed E-state index contributed by atoms with van der Waals surface area (Å²) in [5.41, 5.74) is -0.196. The van der Waals surface area contributed by atoms with Crippen molar-refractivity contribution in [3.63, 3.8) is 0 Å². The highest BCUT2D eigenvalue weighted by molar-refractivity contribution is 9.10. The lowest BCUT2D eigenvalue weighted by Crippen LogP contribution is -2.36. The van der Waals surface area contributed by atoms with Gasteiger partial charge in [0, 0.05) is 16.1 Å². The molecule has 1 aromatic carbocycles. The van der Waals surface area contributed by atoms with E-state index in [4.69, 9.17) is 0 Å². The third kappa shape index (κ3) is 4.05. The van der Waals surface area contributed by atoms with Crippen molar-refractivity contribution in [2.75, 3.05) is 25.2 Å². The molecule has 0 radical (unpaired) electrons. The summed E-state index contributed by atoms with van der Waals surface area (Å²) in [5, 5.41) is 19.1. The molecule has 0 heterocycles. The van der Waals surface area contributed by atoms with E-state index in [0.717, 1.165) is 16.3 Å². The lowest BCUT2D eigenvalue weighted by Gasteiger charge is -2.30. The Labute approximate surface area is 116 Å². The first kappa shape index (κ1) is 15.6. The van der Waals surface area contributed by atoms with Crippen LogP contribution < -0.4 is 0 Å². The summed E-state index contributed by atoms with van der Waals surface area (Å²) < 4.78 is 23.3. The Kier molecular flexibility index (Phi) is 5.33. The molecule has 0 saturated heterocycles. The molecule has 0 fully saturated rings. The predicted molar refractivity (Wildman–Crippen MR) is 74.3 cm³/mol. The summed E-state index contributed by atoms with van der Waals surface area (Å²) in [5.74, 6) is -0.0688. The van der Waals surface area contributed by atoms with Gasteiger partial charge in [-0.1, -0.05) is 28.1 Å². The third-order valence-electron chi connectivity index (χ3n) is 2.99. The molecule has 0 saturated carbocycles. The summed E-state index contributed by atoms with van der Waals surface area (Å²) in [4.78, 5) is 0. The molecule has 1 aromatic rings. The molecule has 102 valence electrons. The van der Waals surface area contributed by atoms with E-state index in [1.54, 1.807) is 18.2 Å². The molecule has 1 rings (SSSR count). The molecule has 0 atom stereocenters. The van der Waals surface area contributed by atoms with Gasteiger partial charge in [0.25, 0.3) is 0 Å². The molecule has 0 aliphatic carbocycles. The molecule has 0 aliphatic heterocycles. The maximum Gasteiger partial charge on any atom is 0.147 e. The highest BCUT2D eigenvalue weighted by Crippen LogP contribution is 2.29. The number of rotatable bonds is 6. The van der Waals surface area contributed by atoms with Gasteiger partial charge in [-0.3, -0.25) is 0 Å². The molecule has 0 unspecified atom stereocenters. The van der Waals surface area contributed by atoms with Crippen molar-refractivity contribution in [3.8, 4) is 0 Å². The number of sulfone groups is 1. The van der Waals surface area contributed by atoms with Gasteiger partial charge in [0.2, 0.25) is 0 Å². The second kappa shape index (κ2) is 6.14. The van der Waals surface area contributed by atoms with Gasteiger partial charge in [-0.05, 0) is 24.1 Å². The maximum atomic E-state index is 11.2. The first-order chi connectivity index (χ1) is 8.33. The van der Waals surface area contributed by atoms with Gasteiger partial charge < -0.3 is 10.2 Å². The summed E-state index contributed by atoms with van der Waals surface area (Å²) in [7, 11) is -3.13. The van der Waals surface area contributed by atoms with Crippen LogP contribution in [-0.2, 0) is 15.3 Å². The fourth-order valence-electron chi connectivity index (χ4n) is 1.73. The van der Waals surface area contributed by atoms with Crippen LogP contribution >= 0.6 is 15.9 Å². The molecule has 0 aromatic heterocycles. The first-order valence-corrected chi connectivity index (χ1v) is 8.34. The van der Waals surface area contributed by atoms with Gasteiger partial charge in [0.05, 0.1) is 19.0 Å². The Bertz CT molecular complexity index is 495. The monoisotopic (exact) mass is 336 g/mol. The van der Waals surface area contributed by atoms with Gasteiger partial charge in [-0.2, -0.15) is 0 Å². The van der Waals surface area contributed by atoms with E-state index in [0.29, 0.717) is 0 Å². The van der Waals surface area contributed by atoms with Gasteiger partial charge in [-0.25, -0.2) is 8.42 Å². The second-order valence-corrected chi connectivity index (χ2v) is 7.66. The minimum atomic E-state index is -3.13. The Morgan fingerprint density at radius 3 is 2.33 bits per heavy atom. The van der Waals surface area contributed by atoms with Crippen LogP contribution in [0, 0.1) is 0 Å². The fraction of sp³-hybridized carbons (Fsp3) is 0.500. The predicted octanol–water partition coefficient (Wildman–Crippen LogP) is 1.11. The summed E-state index contributed by atoms with van der Waals surface area (Å²) in [6.45, 7) is -0.592. The van der Waals surface area contributed by atoms with Crippen LogP contribution in [0.2, 0.25) is 0 Å². The number of halogens is 1. The molecule has 0 aliphatic rings. The minimum absolute atomic E-state index is 0.0688. The van der Waals surface area contributed by atoms with E-state index in [-0.39, 0.29) is 25.4 Å². The average molecular weight is 337 g/mol. The lowest BCUT2D eigenvalue weighted by molar-refractivity contribution is 0.114. The van der Waals surface area contributed by atoms with Gasteiger partial charge in [-0.15, -0.1) is 0 Å². The van der Waals surface area contributed by atoms with Crippen molar-refractivity contribution in [1.29, 1.82) is 0 Å². The molecule has 0 bridgehead atoms. The molecular weight excluding hydrogens is 320 g/mol. The largest absolute Gasteiger partial charge is 0.395 e. The molecule has 0 amide bonds. The summed E-state index contributed by atoms with van der Waals surface area (Å²) in [6.07, 6.45) is 1.34. The van der Waals surface area contributed by atoms with Crippen LogP contribution in [0.1, 0.15) is 12.0 Å². The highest BCUT2D eigenvalue weighted by atomic mass is 79.9. The number of hydrogen-bond acceptors (Lipinski definition) is 4. The minimum Gasteiger partial charge on any atom is -0.395 e. The highest BCUT2D eigenvalue weighted by Gasteiger charge is 2.32. The van der Waals surface area contributed by atoms with E-state index in [1.807, 2.05) is 6.07 Å². The van der Waals surface area contributed by atoms with Crippen LogP contribution in [0.25, 0.3) is 0 Å². The van der Waals surface area contributed by atoms with E-state index in [1.165, 1.54) is 0 Å². The van der Waals surface area contributed by atoms with Crippen LogP contribution in [0.4, 0.5) is 0 Å². The van der Waals surface area contributed by atoms with Crippen molar-refractivity contribution in [1.82, 2.24) is 0 Å². The summed E-state index contributed by atoms with van der Waals surface area (Å²) >= 11 is 3.32. The summed E-state index contributed by atoms with van der Waals surface area (Å²) in [6, 6.07) is 7.19. The average Bonchev–Trinajstić information content (AvgIpc) is 2.30. The Morgan fingerprint density at radius 2 is 1.89 bits per heavy atom. The van der Waals surface area contributed by atoms with Gasteiger partial charge in [0.15, 0.2) is 0 Å². The van der Waals surface area contributed by atoms with Gasteiger partial charge in [0.1, 0.15) is 9.84 Å². The second-order valence-electron chi connectivity index (χ2n) is 4.49. The van der Waals surface area contributed by atoms with Crippen molar-refractivity contribution >= 4 is 25.8 Å². The zero-order chi connectivity index (χ0) is 13.8. The van der Waals surface area contributed by atoms with Crippen LogP contribution in [0.3, 0.4) is 0 Å². The first-order valence-electron chi connectivity index (χ1n) is 5.48. The zero-order valence-electron chi connectivity index (χ0n) is 10.1. The smallest absolute Gasteiger partial charge is 0.147 e. The van der Waals surface area contributed by atoms with E-state index >= 15 is 0 Å². The Balaban J connectivity index is 3.07. The standard InChI is InChI=1S/C12H17BrO4S/c1-18(16,17)6-5-12(8-14,9-15)10-3-2-4-11(13)7-10/h2-4,7,14-15H,5-6,8-9H2,1H3.